The predicted octanol–water partition coefficient (Wildman–Crippen LogP) is 2.88. The number of hydrogen-bond acceptors (Lipinski definition) is 4. The van der Waals surface area contributed by atoms with Crippen LogP contribution in [0.4, 0.5) is 9.93 Å². The van der Waals surface area contributed by atoms with Gasteiger partial charge in [0, 0.05) is 23.9 Å². The van der Waals surface area contributed by atoms with E-state index in [0.717, 1.165) is 25.0 Å². The number of amides is 2. The molecule has 2 amide bonds. The summed E-state index contributed by atoms with van der Waals surface area (Å²) in [4.78, 5) is 29.3. The Balaban J connectivity index is 1.62. The van der Waals surface area contributed by atoms with Crippen molar-refractivity contribution in [3.05, 3.63) is 11.1 Å². The van der Waals surface area contributed by atoms with Crippen molar-refractivity contribution in [2.24, 2.45) is 0 Å². The van der Waals surface area contributed by atoms with Gasteiger partial charge in [0.1, 0.15) is 0 Å². The summed E-state index contributed by atoms with van der Waals surface area (Å²) < 4.78 is 0. The zero-order valence-electron chi connectivity index (χ0n) is 11.7. The molecule has 1 aliphatic carbocycles. The molecule has 2 heterocycles. The van der Waals surface area contributed by atoms with Gasteiger partial charge in [-0.1, -0.05) is 0 Å². The van der Waals surface area contributed by atoms with Crippen LogP contribution in [-0.4, -0.2) is 39.6 Å². The molecule has 2 fully saturated rings. The summed E-state index contributed by atoms with van der Waals surface area (Å²) >= 11 is 1.44. The van der Waals surface area contributed by atoms with Crippen LogP contribution < -0.4 is 5.32 Å². The maximum Gasteiger partial charge on any atom is 0.323 e. The zero-order valence-corrected chi connectivity index (χ0v) is 12.6. The number of carbonyl (C=O) groups excluding carboxylic acids is 1. The third-order valence-corrected chi connectivity index (χ3v) is 4.81. The first-order chi connectivity index (χ1) is 10.1. The number of nitrogens with one attached hydrogen (secondary N) is 1. The highest BCUT2D eigenvalue weighted by molar-refractivity contribution is 7.13. The average Bonchev–Trinajstić information content (AvgIpc) is 3.19. The fourth-order valence-corrected chi connectivity index (χ4v) is 3.54. The lowest BCUT2D eigenvalue weighted by Crippen LogP contribution is -2.46. The third kappa shape index (κ3) is 3.53. The van der Waals surface area contributed by atoms with E-state index in [1.807, 2.05) is 5.38 Å². The smallest absolute Gasteiger partial charge is 0.323 e. The Labute approximate surface area is 127 Å². The Morgan fingerprint density at radius 2 is 2.19 bits per heavy atom. The number of aliphatic carboxylic acids is 1. The highest BCUT2D eigenvalue weighted by Crippen LogP contribution is 2.40. The number of thiazole rings is 1. The van der Waals surface area contributed by atoms with Crippen LogP contribution in [0.1, 0.15) is 50.1 Å². The summed E-state index contributed by atoms with van der Waals surface area (Å²) in [7, 11) is 0. The molecule has 21 heavy (non-hydrogen) atoms. The molecule has 1 unspecified atom stereocenters. The molecule has 3 rings (SSSR count). The number of likely N-dealkylation sites (tertiary alicyclic amines) is 1. The third-order valence-electron chi connectivity index (χ3n) is 4.03. The van der Waals surface area contributed by atoms with E-state index in [4.69, 9.17) is 5.11 Å². The van der Waals surface area contributed by atoms with Crippen LogP contribution in [0.2, 0.25) is 0 Å². The fourth-order valence-electron chi connectivity index (χ4n) is 2.76. The molecule has 0 radical (unpaired) electrons. The monoisotopic (exact) mass is 309 g/mol. The molecule has 1 atom stereocenters. The summed E-state index contributed by atoms with van der Waals surface area (Å²) in [6.07, 6.45) is 5.04. The molecule has 1 saturated heterocycles. The number of carbonyl (C=O) groups is 2. The van der Waals surface area contributed by atoms with Crippen LogP contribution in [0.25, 0.3) is 0 Å². The van der Waals surface area contributed by atoms with Gasteiger partial charge in [0.2, 0.25) is 0 Å². The number of aromatic nitrogens is 1. The van der Waals surface area contributed by atoms with Crippen molar-refractivity contribution in [3.8, 4) is 0 Å². The average molecular weight is 309 g/mol. The van der Waals surface area contributed by atoms with Crippen molar-refractivity contribution in [2.45, 2.75) is 50.5 Å². The number of rotatable bonds is 4. The lowest BCUT2D eigenvalue weighted by molar-refractivity contribution is -0.138. The first-order valence-electron chi connectivity index (χ1n) is 7.38. The molecule has 1 aromatic rings. The minimum Gasteiger partial charge on any atom is -0.481 e. The minimum absolute atomic E-state index is 0.0125. The molecular weight excluding hydrogens is 290 g/mol. The van der Waals surface area contributed by atoms with Gasteiger partial charge < -0.3 is 10.0 Å². The molecule has 114 valence electrons. The normalized spacial score (nSPS) is 22.1. The fraction of sp³-hybridized carbons (Fsp3) is 0.643. The van der Waals surface area contributed by atoms with Gasteiger partial charge in [-0.05, 0) is 32.1 Å². The van der Waals surface area contributed by atoms with Gasteiger partial charge in [-0.25, -0.2) is 9.78 Å². The van der Waals surface area contributed by atoms with Crippen molar-refractivity contribution < 1.29 is 14.7 Å². The van der Waals surface area contributed by atoms with Crippen molar-refractivity contribution in [2.75, 3.05) is 11.9 Å². The second kappa shape index (κ2) is 6.01. The molecule has 1 aromatic heterocycles. The van der Waals surface area contributed by atoms with Crippen LogP contribution in [0.5, 0.6) is 0 Å². The maximum absolute atomic E-state index is 12.3. The van der Waals surface area contributed by atoms with E-state index in [9.17, 15) is 9.59 Å². The van der Waals surface area contributed by atoms with Crippen LogP contribution in [0.15, 0.2) is 5.38 Å². The molecule has 7 heteroatoms. The Hall–Kier alpha value is -1.63. The van der Waals surface area contributed by atoms with E-state index >= 15 is 0 Å². The zero-order chi connectivity index (χ0) is 14.8. The number of nitrogens with zero attached hydrogens (tertiary/aromatic N) is 2. The van der Waals surface area contributed by atoms with Crippen molar-refractivity contribution in [1.82, 2.24) is 9.88 Å². The lowest BCUT2D eigenvalue weighted by atomic mass is 10.00. The Morgan fingerprint density at radius 3 is 2.90 bits per heavy atom. The maximum atomic E-state index is 12.3. The second-order valence-electron chi connectivity index (χ2n) is 5.72. The van der Waals surface area contributed by atoms with E-state index in [1.165, 1.54) is 24.2 Å². The molecule has 2 N–H and O–H groups in total. The highest BCUT2D eigenvalue weighted by atomic mass is 32.1. The van der Waals surface area contributed by atoms with Gasteiger partial charge in [0.05, 0.1) is 12.1 Å². The minimum atomic E-state index is -0.857. The molecule has 0 spiro atoms. The SMILES string of the molecule is O=C(O)CC1CCCCN1C(=O)Nc1nc(C2CC2)cs1. The summed E-state index contributed by atoms with van der Waals surface area (Å²) in [5, 5.41) is 14.4. The molecule has 2 aliphatic rings. The predicted molar refractivity (Wildman–Crippen MR) is 79.7 cm³/mol. The quantitative estimate of drug-likeness (QED) is 0.896. The molecule has 1 saturated carbocycles. The van der Waals surface area contributed by atoms with E-state index in [2.05, 4.69) is 10.3 Å². The Morgan fingerprint density at radius 1 is 1.38 bits per heavy atom. The van der Waals surface area contributed by atoms with Crippen LogP contribution in [-0.2, 0) is 4.79 Å². The van der Waals surface area contributed by atoms with E-state index in [-0.39, 0.29) is 18.5 Å². The summed E-state index contributed by atoms with van der Waals surface area (Å²) in [6, 6.07) is -0.434. The highest BCUT2D eigenvalue weighted by Gasteiger charge is 2.30. The summed E-state index contributed by atoms with van der Waals surface area (Å²) in [6.45, 7) is 0.616. The Kier molecular flexibility index (Phi) is 4.10. The number of carboxylic acids is 1. The number of anilines is 1. The van der Waals surface area contributed by atoms with Gasteiger partial charge in [0.15, 0.2) is 5.13 Å². The van der Waals surface area contributed by atoms with Crippen LogP contribution in [0.3, 0.4) is 0 Å². The lowest BCUT2D eigenvalue weighted by Gasteiger charge is -2.34. The number of carboxylic acid groups (broad SMARTS) is 1. The van der Waals surface area contributed by atoms with Crippen molar-refractivity contribution >= 4 is 28.5 Å². The Bertz CT molecular complexity index is 541. The van der Waals surface area contributed by atoms with E-state index in [0.29, 0.717) is 17.6 Å². The van der Waals surface area contributed by atoms with E-state index in [1.54, 1.807) is 4.90 Å². The molecule has 6 nitrogen and oxygen atoms in total. The van der Waals surface area contributed by atoms with Crippen LogP contribution >= 0.6 is 11.3 Å². The van der Waals surface area contributed by atoms with Crippen LogP contribution in [0, 0.1) is 0 Å². The number of hydrogen-bond donors (Lipinski definition) is 2. The largest absolute Gasteiger partial charge is 0.481 e. The number of piperidine rings is 1. The standard InChI is InChI=1S/C14H19N3O3S/c18-12(19)7-10-3-1-2-6-17(10)14(20)16-13-15-11(8-21-13)9-4-5-9/h8-10H,1-7H2,(H,18,19)(H,15,16,20). The van der Waals surface area contributed by atoms with Gasteiger partial charge in [0.25, 0.3) is 0 Å². The van der Waals surface area contributed by atoms with Crippen molar-refractivity contribution in [1.29, 1.82) is 0 Å². The topological polar surface area (TPSA) is 82.5 Å². The van der Waals surface area contributed by atoms with Gasteiger partial charge in [-0.3, -0.25) is 10.1 Å². The first-order valence-corrected chi connectivity index (χ1v) is 8.26. The molecule has 1 aliphatic heterocycles. The molecule has 0 bridgehead atoms. The summed E-state index contributed by atoms with van der Waals surface area (Å²) in [5.74, 6) is -0.286. The second-order valence-corrected chi connectivity index (χ2v) is 6.58. The molecule has 0 aromatic carbocycles. The van der Waals surface area contributed by atoms with Gasteiger partial charge in [-0.2, -0.15) is 0 Å². The number of urea groups is 1. The van der Waals surface area contributed by atoms with Gasteiger partial charge in [-0.15, -0.1) is 11.3 Å². The molecular formula is C14H19N3O3S. The first kappa shape index (κ1) is 14.3. The summed E-state index contributed by atoms with van der Waals surface area (Å²) in [5.41, 5.74) is 1.07. The van der Waals surface area contributed by atoms with E-state index < -0.39 is 5.97 Å². The van der Waals surface area contributed by atoms with Crippen molar-refractivity contribution in [3.63, 3.8) is 0 Å². The van der Waals surface area contributed by atoms with Gasteiger partial charge >= 0.3 is 12.0 Å².